The fourth-order valence-corrected chi connectivity index (χ4v) is 19.1. The molecule has 0 aliphatic carbocycles. The molecule has 35 heteroatoms. The van der Waals surface area contributed by atoms with Gasteiger partial charge in [-0.1, -0.05) is 206 Å². The average molecular weight is 1870 g/mol. The Morgan fingerprint density at radius 2 is 0.838 bits per heavy atom. The van der Waals surface area contributed by atoms with E-state index in [0.717, 1.165) is 70.5 Å². The molecule has 764 valence electrons. The summed E-state index contributed by atoms with van der Waals surface area (Å²) >= 11 is 0. The first-order chi connectivity index (χ1) is 62.8. The van der Waals surface area contributed by atoms with E-state index < -0.39 is 196 Å². The Kier molecular flexibility index (Phi) is 61.0. The largest absolute Gasteiger partial charge is 0.465 e. The van der Waals surface area contributed by atoms with Gasteiger partial charge in [-0.05, 0) is 12.8 Å². The molecule has 0 aromatic heterocycles. The van der Waals surface area contributed by atoms with Crippen molar-refractivity contribution >= 4 is 29.7 Å². The number of aliphatic hydroxyl groups excluding tert-OH is 1. The first kappa shape index (κ1) is 119. The number of carbonyl (C=O) groups excluding carboxylic acids is 5. The third-order valence-electron chi connectivity index (χ3n) is 26.6. The van der Waals surface area contributed by atoms with Crippen molar-refractivity contribution in [2.75, 3.05) is 189 Å². The molecule has 4 aliphatic rings. The van der Waals surface area contributed by atoms with E-state index in [2.05, 4.69) is 13.8 Å². The zero-order chi connectivity index (χ0) is 96.1. The van der Waals surface area contributed by atoms with Crippen LogP contribution in [0.3, 0.4) is 0 Å². The summed E-state index contributed by atoms with van der Waals surface area (Å²) in [5.41, 5.74) is 0. The first-order valence-corrected chi connectivity index (χ1v) is 48.0. The second-order valence-electron chi connectivity index (χ2n) is 35.2. The van der Waals surface area contributed by atoms with Gasteiger partial charge in [0.15, 0.2) is 12.6 Å². The lowest BCUT2D eigenvalue weighted by Crippen LogP contribution is -2.72. The number of methoxy groups -OCH3 is 18. The summed E-state index contributed by atoms with van der Waals surface area (Å²) in [7, 11) is 30.2. The number of unbranched alkanes of at least 4 members (excludes halogenated alkanes) is 28. The Bertz CT molecular complexity index is 2960. The molecule has 4 aliphatic heterocycles. The van der Waals surface area contributed by atoms with Gasteiger partial charge in [-0.15, -0.1) is 0 Å². The summed E-state index contributed by atoms with van der Waals surface area (Å²) in [6.07, 6.45) is 12.9. The standard InChI is InChI=1S/C95H177N3O32/c1-25-27-29-31-33-35-37-38-39-40-41-42-43-44-46-48-50-52-54-56-69(110-12)89(102)97(5)66(78(114-16)68(109-11)55-53-51-49-47-45-36-34-32-30-28-26-2)59-123-90-87(119-21)85(118-20)82(74(125-90)63-108-10)127-91-88(120-22)86(81(117-19)73(126-91)62-107-9)130-95(93(104)122-24)57-67(100)76(83(129-95)79(115-17)71(112-14)60-105-7)98(6)75(101)64-124-94(92(103)121-23)58-70(111-13)77(96(4)65(3)99)84(128-94)80(116-18)72(113-15)61-106-8/h66-74,76-88,90-91,100H,25-64H2,1-24H3/t66-,67-,68+,69+,70-,71+,72+,73+,74+,76+,77+,78-,79+,80+,81-,82+,83+,84+,85-,86-,87+,88+,90+,91-,94+,95-/m0/s1. The highest BCUT2D eigenvalue weighted by Gasteiger charge is 2.64. The first-order valence-electron chi connectivity index (χ1n) is 48.0. The van der Waals surface area contributed by atoms with Gasteiger partial charge in [0, 0.05) is 155 Å². The van der Waals surface area contributed by atoms with Crippen LogP contribution in [0.1, 0.15) is 239 Å². The molecule has 130 heavy (non-hydrogen) atoms. The van der Waals surface area contributed by atoms with E-state index in [-0.39, 0.29) is 44.8 Å². The van der Waals surface area contributed by atoms with E-state index in [4.69, 9.17) is 123 Å². The Labute approximate surface area is 779 Å². The third kappa shape index (κ3) is 35.7. The fraction of sp³-hybridized carbons (Fsp3) is 0.947. The Hall–Kier alpha value is -3.65. The predicted molar refractivity (Wildman–Crippen MR) is 485 cm³/mol. The second-order valence-corrected chi connectivity index (χ2v) is 35.2. The zero-order valence-corrected chi connectivity index (χ0v) is 84.1. The minimum Gasteiger partial charge on any atom is -0.465 e. The number of hydrogen-bond donors (Lipinski definition) is 1. The number of aliphatic hydroxyl groups is 1. The van der Waals surface area contributed by atoms with Gasteiger partial charge in [0.05, 0.1) is 83.7 Å². The number of hydrogen-bond acceptors (Lipinski definition) is 32. The number of amides is 3. The van der Waals surface area contributed by atoms with Crippen LogP contribution in [-0.2, 0) is 147 Å². The summed E-state index contributed by atoms with van der Waals surface area (Å²) in [4.78, 5) is 77.3. The molecule has 0 spiro atoms. The van der Waals surface area contributed by atoms with Crippen LogP contribution in [0.25, 0.3) is 0 Å². The third-order valence-corrected chi connectivity index (χ3v) is 26.6. The van der Waals surface area contributed by atoms with Gasteiger partial charge in [0.1, 0.15) is 104 Å². The van der Waals surface area contributed by atoms with Crippen LogP contribution >= 0.6 is 0 Å². The minimum atomic E-state index is -2.66. The van der Waals surface area contributed by atoms with Gasteiger partial charge < -0.3 is 143 Å². The van der Waals surface area contributed by atoms with Gasteiger partial charge in [-0.25, -0.2) is 9.59 Å². The van der Waals surface area contributed by atoms with Crippen LogP contribution in [0.2, 0.25) is 0 Å². The van der Waals surface area contributed by atoms with Crippen molar-refractivity contribution in [3.05, 3.63) is 0 Å². The summed E-state index contributed by atoms with van der Waals surface area (Å²) in [5.74, 6) is -8.81. The number of rotatable bonds is 74. The highest BCUT2D eigenvalue weighted by atomic mass is 16.8. The minimum absolute atomic E-state index is 0.0201. The maximum atomic E-state index is 15.2. The van der Waals surface area contributed by atoms with Gasteiger partial charge in [-0.3, -0.25) is 14.4 Å². The lowest BCUT2D eigenvalue weighted by atomic mass is 9.86. The number of carbonyl (C=O) groups is 5. The molecule has 4 rings (SSSR count). The lowest BCUT2D eigenvalue weighted by molar-refractivity contribution is -0.393. The Morgan fingerprint density at radius 1 is 0.415 bits per heavy atom. The lowest BCUT2D eigenvalue weighted by Gasteiger charge is -2.53. The maximum Gasteiger partial charge on any atom is 0.366 e. The Balaban J connectivity index is 1.71. The van der Waals surface area contributed by atoms with Gasteiger partial charge in [0.25, 0.3) is 17.5 Å². The van der Waals surface area contributed by atoms with E-state index in [9.17, 15) is 14.7 Å². The van der Waals surface area contributed by atoms with Crippen LogP contribution in [0, 0.1) is 0 Å². The van der Waals surface area contributed by atoms with Gasteiger partial charge in [-0.2, -0.15) is 0 Å². The molecule has 4 heterocycles. The summed E-state index contributed by atoms with van der Waals surface area (Å²) < 4.78 is 163. The Morgan fingerprint density at radius 3 is 1.25 bits per heavy atom. The van der Waals surface area contributed by atoms with Crippen molar-refractivity contribution in [3.63, 3.8) is 0 Å². The maximum absolute atomic E-state index is 15.2. The van der Waals surface area contributed by atoms with Crippen molar-refractivity contribution in [1.29, 1.82) is 0 Å². The summed E-state index contributed by atoms with van der Waals surface area (Å²) in [6.45, 7) is 4.34. The average Bonchev–Trinajstić information content (AvgIpc) is 0.737. The molecule has 0 aromatic carbocycles. The molecule has 0 unspecified atom stereocenters. The molecule has 26 atom stereocenters. The predicted octanol–water partition coefficient (Wildman–Crippen LogP) is 10.7. The summed E-state index contributed by atoms with van der Waals surface area (Å²) in [6, 6.07) is -3.19. The van der Waals surface area contributed by atoms with Crippen LogP contribution in [0.15, 0.2) is 0 Å². The highest BCUT2D eigenvalue weighted by molar-refractivity contribution is 5.82. The number of likely N-dealkylation sites (N-methyl/N-ethyl adjacent to an activating group) is 3. The van der Waals surface area contributed by atoms with E-state index in [1.54, 1.807) is 33.3 Å². The van der Waals surface area contributed by atoms with Crippen LogP contribution in [-0.4, -0.2) is 396 Å². The van der Waals surface area contributed by atoms with E-state index in [1.165, 1.54) is 260 Å². The molecular weight excluding hydrogens is 1700 g/mol. The molecule has 4 fully saturated rings. The quantitative estimate of drug-likeness (QED) is 0.0436. The van der Waals surface area contributed by atoms with Crippen LogP contribution < -0.4 is 0 Å². The number of esters is 2. The molecule has 0 saturated carbocycles. The molecule has 4 saturated heterocycles. The van der Waals surface area contributed by atoms with Crippen LogP contribution in [0.5, 0.6) is 0 Å². The molecule has 3 amide bonds. The van der Waals surface area contributed by atoms with Crippen molar-refractivity contribution in [1.82, 2.24) is 14.7 Å². The topological polar surface area (TPSA) is 355 Å². The fourth-order valence-electron chi connectivity index (χ4n) is 19.1. The SMILES string of the molecule is CCCCCCCCCCCCCCCCCCCCC[C@@H](OC)C(=O)N(C)[C@@H](CO[C@@H]1O[C@H](COC)[C@@H](O[C@@H]2O[C@H](COC)[C@H](OC)[C@H](O[C@]3(C(=O)OC)C[C@H](O)[C@@H](N(C)C(=O)CO[C@]4(C(=O)OC)C[C@H](OC)[C@@H](N(C)C(C)=O)[C@H]([C@H](OC)[C@@H](COC)OC)O4)[C@H]([C@H](OC)[C@@H](COC)OC)O3)[C@H]2OC)[C@H](OC)[C@H]1OC)[C@H](OC)[C@@H](CCCCCCCCCCCCC)OC. The smallest absolute Gasteiger partial charge is 0.366 e. The van der Waals surface area contributed by atoms with Crippen molar-refractivity contribution in [3.8, 4) is 0 Å². The van der Waals surface area contributed by atoms with Crippen molar-refractivity contribution < 1.29 is 152 Å². The second kappa shape index (κ2) is 66.8. The van der Waals surface area contributed by atoms with Crippen LogP contribution in [0.4, 0.5) is 0 Å². The van der Waals surface area contributed by atoms with Gasteiger partial charge >= 0.3 is 11.9 Å². The van der Waals surface area contributed by atoms with E-state index >= 15 is 14.4 Å². The molecular formula is C95H177N3O32. The van der Waals surface area contributed by atoms with E-state index in [0.29, 0.717) is 12.8 Å². The monoisotopic (exact) mass is 1870 g/mol. The molecule has 35 nitrogen and oxygen atoms in total. The molecule has 0 bridgehead atoms. The molecule has 1 N–H and O–H groups in total. The van der Waals surface area contributed by atoms with E-state index in [1.807, 2.05) is 0 Å². The highest BCUT2D eigenvalue weighted by Crippen LogP contribution is 2.44. The van der Waals surface area contributed by atoms with Crippen molar-refractivity contribution in [2.24, 2.45) is 0 Å². The number of ether oxygens (including phenoxy) is 26. The summed E-state index contributed by atoms with van der Waals surface area (Å²) in [5, 5.41) is 13.1. The van der Waals surface area contributed by atoms with Gasteiger partial charge in [0.2, 0.25) is 11.8 Å². The molecule has 0 radical (unpaired) electrons. The normalized spacial score (nSPS) is 27.9. The zero-order valence-electron chi connectivity index (χ0n) is 84.1. The van der Waals surface area contributed by atoms with Crippen molar-refractivity contribution in [2.45, 2.75) is 397 Å². The molecule has 0 aromatic rings. The number of nitrogens with zero attached hydrogens (tertiary/aromatic N) is 3.